The van der Waals surface area contributed by atoms with E-state index in [1.807, 2.05) is 0 Å². The predicted octanol–water partition coefficient (Wildman–Crippen LogP) is 0.983. The van der Waals surface area contributed by atoms with Crippen molar-refractivity contribution >= 4 is 5.82 Å². The molecule has 0 aromatic carbocycles. The van der Waals surface area contributed by atoms with Crippen LogP contribution < -0.4 is 5.73 Å². The molecule has 0 fully saturated rings. The van der Waals surface area contributed by atoms with Gasteiger partial charge in [-0.15, -0.1) is 6.58 Å². The Labute approximate surface area is 53.8 Å². The molecule has 1 aromatic rings. The smallest absolute Gasteiger partial charge is 0.166 e. The molecule has 0 atom stereocenters. The number of rotatable bonds is 2. The van der Waals surface area contributed by atoms with E-state index >= 15 is 0 Å². The lowest BCUT2D eigenvalue weighted by atomic mass is 10.6. The predicted molar refractivity (Wildman–Crippen MR) is 35.2 cm³/mol. The minimum absolute atomic E-state index is 0.303. The van der Waals surface area contributed by atoms with Gasteiger partial charge in [-0.1, -0.05) is 6.08 Å². The summed E-state index contributed by atoms with van der Waals surface area (Å²) in [7, 11) is 0. The fourth-order valence-electron chi connectivity index (χ4n) is 0.596. The Morgan fingerprint density at radius 3 is 3.11 bits per heavy atom. The van der Waals surface area contributed by atoms with Crippen molar-refractivity contribution in [3.63, 3.8) is 0 Å². The van der Waals surface area contributed by atoms with Crippen LogP contribution in [0.2, 0.25) is 0 Å². The summed E-state index contributed by atoms with van der Waals surface area (Å²) in [6.07, 6.45) is 3.50. The van der Waals surface area contributed by atoms with Crippen LogP contribution in [-0.2, 0) is 6.54 Å². The van der Waals surface area contributed by atoms with Crippen LogP contribution in [0.4, 0.5) is 5.82 Å². The van der Waals surface area contributed by atoms with Gasteiger partial charge in [0.2, 0.25) is 0 Å². The van der Waals surface area contributed by atoms with Gasteiger partial charge in [-0.05, 0) is 0 Å². The van der Waals surface area contributed by atoms with Crippen molar-refractivity contribution in [3.05, 3.63) is 24.9 Å². The van der Waals surface area contributed by atoms with E-state index in [9.17, 15) is 0 Å². The molecule has 1 aromatic heterocycles. The van der Waals surface area contributed by atoms with Crippen LogP contribution in [0.3, 0.4) is 0 Å². The van der Waals surface area contributed by atoms with E-state index in [2.05, 4.69) is 11.7 Å². The highest BCUT2D eigenvalue weighted by atomic mass is 15.3. The van der Waals surface area contributed by atoms with E-state index < -0.39 is 0 Å². The molecule has 0 bridgehead atoms. The lowest BCUT2D eigenvalue weighted by Gasteiger charge is -1.90. The van der Waals surface area contributed by atoms with Crippen LogP contribution in [0.25, 0.3) is 0 Å². The third-order valence-electron chi connectivity index (χ3n) is 0.957. The quantitative estimate of drug-likeness (QED) is 0.539. The van der Waals surface area contributed by atoms with E-state index in [1.165, 1.54) is 0 Å². The molecular weight excluding hydrogens is 114 g/mol. The van der Waals surface area contributed by atoms with Crippen LogP contribution in [0.15, 0.2) is 24.9 Å². The van der Waals surface area contributed by atoms with Gasteiger partial charge in [-0.3, -0.25) is 10.4 Å². The van der Waals surface area contributed by atoms with Crippen molar-refractivity contribution in [2.24, 2.45) is 0 Å². The average molecular weight is 122 g/mol. The molecule has 1 radical (unpaired) electrons. The van der Waals surface area contributed by atoms with Gasteiger partial charge in [0.25, 0.3) is 0 Å². The molecule has 0 aliphatic rings. The monoisotopic (exact) mass is 122 g/mol. The number of aromatic nitrogens is 2. The first kappa shape index (κ1) is 5.88. The van der Waals surface area contributed by atoms with Gasteiger partial charge in [-0.2, -0.15) is 5.10 Å². The highest BCUT2D eigenvalue weighted by Gasteiger charge is 1.88. The molecule has 0 saturated heterocycles. The second kappa shape index (κ2) is 2.35. The maximum absolute atomic E-state index is 7.03. The van der Waals surface area contributed by atoms with Crippen LogP contribution in [0.5, 0.6) is 0 Å². The summed E-state index contributed by atoms with van der Waals surface area (Å²) < 4.78 is 1.66. The number of allylic oxidation sites excluding steroid dienone is 1. The number of nitrogens with zero attached hydrogens (tertiary/aromatic N) is 2. The number of hydrogen-bond donors (Lipinski definition) is 0. The zero-order valence-electron chi connectivity index (χ0n) is 5.04. The van der Waals surface area contributed by atoms with E-state index in [-0.39, 0.29) is 0 Å². The summed E-state index contributed by atoms with van der Waals surface area (Å²) in [5, 5.41) is 3.81. The van der Waals surface area contributed by atoms with E-state index in [4.69, 9.17) is 5.73 Å². The van der Waals surface area contributed by atoms with Crippen molar-refractivity contribution in [3.8, 4) is 0 Å². The van der Waals surface area contributed by atoms with Crippen molar-refractivity contribution in [2.75, 3.05) is 0 Å². The summed E-state index contributed by atoms with van der Waals surface area (Å²) >= 11 is 0. The van der Waals surface area contributed by atoms with Gasteiger partial charge < -0.3 is 0 Å². The SMILES string of the molecule is C=CCn1ccc([NH])n1. The Morgan fingerprint density at radius 1 is 1.89 bits per heavy atom. The number of hydrogen-bond acceptors (Lipinski definition) is 1. The van der Waals surface area contributed by atoms with E-state index in [0.717, 1.165) is 0 Å². The fourth-order valence-corrected chi connectivity index (χ4v) is 0.596. The van der Waals surface area contributed by atoms with Gasteiger partial charge in [0.1, 0.15) is 0 Å². The Bertz CT molecular complexity index is 202. The second-order valence-electron chi connectivity index (χ2n) is 1.71. The van der Waals surface area contributed by atoms with Crippen molar-refractivity contribution in [2.45, 2.75) is 6.54 Å². The molecular formula is C6H8N3. The third-order valence-corrected chi connectivity index (χ3v) is 0.957. The Balaban J connectivity index is 2.72. The van der Waals surface area contributed by atoms with Gasteiger partial charge in [0, 0.05) is 12.3 Å². The van der Waals surface area contributed by atoms with Crippen LogP contribution in [0, 0.1) is 0 Å². The molecule has 0 aliphatic heterocycles. The topological polar surface area (TPSA) is 41.6 Å². The minimum Gasteiger partial charge on any atom is -0.281 e. The molecule has 1 N–H and O–H groups in total. The first-order chi connectivity index (χ1) is 4.33. The zero-order chi connectivity index (χ0) is 6.69. The summed E-state index contributed by atoms with van der Waals surface area (Å²) in [4.78, 5) is 0. The molecule has 0 unspecified atom stereocenters. The van der Waals surface area contributed by atoms with E-state index in [0.29, 0.717) is 12.4 Å². The highest BCUT2D eigenvalue weighted by molar-refractivity contribution is 5.18. The Morgan fingerprint density at radius 2 is 2.67 bits per heavy atom. The van der Waals surface area contributed by atoms with Crippen LogP contribution in [0.1, 0.15) is 0 Å². The van der Waals surface area contributed by atoms with Crippen molar-refractivity contribution < 1.29 is 0 Å². The van der Waals surface area contributed by atoms with Gasteiger partial charge in [-0.25, -0.2) is 0 Å². The fraction of sp³-hybridized carbons (Fsp3) is 0.167. The maximum atomic E-state index is 7.03. The Kier molecular flexibility index (Phi) is 1.53. The lowest BCUT2D eigenvalue weighted by molar-refractivity contribution is 0.703. The largest absolute Gasteiger partial charge is 0.281 e. The van der Waals surface area contributed by atoms with Crippen molar-refractivity contribution in [1.29, 1.82) is 0 Å². The second-order valence-corrected chi connectivity index (χ2v) is 1.71. The molecule has 0 amide bonds. The standard InChI is InChI=1S/C6H8N3/c1-2-4-9-5-3-6(7)8-9/h2-3,5,7H,1,4H2. The molecule has 0 saturated carbocycles. The summed E-state index contributed by atoms with van der Waals surface area (Å²) in [6.45, 7) is 4.22. The van der Waals surface area contributed by atoms with E-state index in [1.54, 1.807) is 23.0 Å². The Hall–Kier alpha value is -1.25. The van der Waals surface area contributed by atoms with Crippen LogP contribution >= 0.6 is 0 Å². The lowest BCUT2D eigenvalue weighted by Crippen LogP contribution is -1.93. The van der Waals surface area contributed by atoms with Gasteiger partial charge in [0.15, 0.2) is 5.82 Å². The molecule has 0 aliphatic carbocycles. The number of nitrogens with one attached hydrogen (secondary N) is 1. The molecule has 1 rings (SSSR count). The van der Waals surface area contributed by atoms with Gasteiger partial charge >= 0.3 is 0 Å². The first-order valence-corrected chi connectivity index (χ1v) is 2.69. The molecule has 3 nitrogen and oxygen atoms in total. The van der Waals surface area contributed by atoms with Crippen LogP contribution in [-0.4, -0.2) is 9.78 Å². The molecule has 3 heteroatoms. The van der Waals surface area contributed by atoms with Crippen molar-refractivity contribution in [1.82, 2.24) is 15.5 Å². The van der Waals surface area contributed by atoms with Gasteiger partial charge in [0.05, 0.1) is 6.54 Å². The minimum atomic E-state index is 0.303. The molecule has 9 heavy (non-hydrogen) atoms. The molecule has 1 heterocycles. The summed E-state index contributed by atoms with van der Waals surface area (Å²) in [5.41, 5.74) is 7.03. The highest BCUT2D eigenvalue weighted by Crippen LogP contribution is 1.96. The first-order valence-electron chi connectivity index (χ1n) is 2.69. The molecule has 47 valence electrons. The maximum Gasteiger partial charge on any atom is 0.166 e. The summed E-state index contributed by atoms with van der Waals surface area (Å²) in [6, 6.07) is 1.64. The third kappa shape index (κ3) is 1.32. The normalized spacial score (nSPS) is 9.33. The summed E-state index contributed by atoms with van der Waals surface area (Å²) in [5.74, 6) is 0.303. The average Bonchev–Trinajstić information content (AvgIpc) is 2.17. The molecule has 0 spiro atoms. The zero-order valence-corrected chi connectivity index (χ0v) is 5.04.